The van der Waals surface area contributed by atoms with Gasteiger partial charge in [0.25, 0.3) is 0 Å². The zero-order chi connectivity index (χ0) is 11.1. The highest BCUT2D eigenvalue weighted by Crippen LogP contribution is 2.06. The number of hydrogen-bond acceptors (Lipinski definition) is 4. The minimum Gasteiger partial charge on any atom is -0.395 e. The third kappa shape index (κ3) is 3.58. The number of aliphatic hydroxyl groups excluding tert-OH is 1. The average molecular weight is 209 g/mol. The number of hydrogen-bond donors (Lipinski definition) is 2. The van der Waals surface area contributed by atoms with Crippen molar-refractivity contribution >= 4 is 0 Å². The van der Waals surface area contributed by atoms with Crippen LogP contribution in [0.3, 0.4) is 0 Å². The van der Waals surface area contributed by atoms with Crippen molar-refractivity contribution in [3.05, 3.63) is 30.1 Å². The number of likely N-dealkylation sites (N-methyl/N-ethyl adjacent to an activating group) is 1. The fourth-order valence-corrected chi connectivity index (χ4v) is 1.56. The van der Waals surface area contributed by atoms with Crippen LogP contribution in [0.2, 0.25) is 0 Å². The Morgan fingerprint density at radius 1 is 1.47 bits per heavy atom. The number of nitrogens with zero attached hydrogens (tertiary/aromatic N) is 2. The number of aromatic nitrogens is 1. The highest BCUT2D eigenvalue weighted by atomic mass is 16.3. The minimum atomic E-state index is 0.0446. The molecule has 1 atom stereocenters. The molecule has 1 unspecified atom stereocenters. The van der Waals surface area contributed by atoms with Crippen molar-refractivity contribution in [2.45, 2.75) is 19.5 Å². The molecular weight excluding hydrogens is 190 g/mol. The van der Waals surface area contributed by atoms with Crippen molar-refractivity contribution in [2.24, 2.45) is 5.73 Å². The first-order chi connectivity index (χ1) is 7.31. The second-order valence-corrected chi connectivity index (χ2v) is 3.49. The van der Waals surface area contributed by atoms with Crippen LogP contribution in [0.5, 0.6) is 0 Å². The standard InChI is InChI=1S/C11H19N3O/c1-2-14(11(7-12)9-15)8-10-3-5-13-6-4-10/h3-6,11,15H,2,7-9,12H2,1H3. The first kappa shape index (κ1) is 12.1. The van der Waals surface area contributed by atoms with Crippen LogP contribution in [0.25, 0.3) is 0 Å². The van der Waals surface area contributed by atoms with Gasteiger partial charge in [0.05, 0.1) is 6.61 Å². The van der Waals surface area contributed by atoms with E-state index in [4.69, 9.17) is 5.73 Å². The second-order valence-electron chi connectivity index (χ2n) is 3.49. The highest BCUT2D eigenvalue weighted by molar-refractivity contribution is 5.09. The predicted molar refractivity (Wildman–Crippen MR) is 60.2 cm³/mol. The van der Waals surface area contributed by atoms with Gasteiger partial charge in [0.1, 0.15) is 0 Å². The van der Waals surface area contributed by atoms with E-state index in [1.165, 1.54) is 5.56 Å². The lowest BCUT2D eigenvalue weighted by atomic mass is 10.2. The average Bonchev–Trinajstić information content (AvgIpc) is 2.30. The maximum atomic E-state index is 9.17. The van der Waals surface area contributed by atoms with Crippen molar-refractivity contribution in [2.75, 3.05) is 19.7 Å². The number of rotatable bonds is 6. The Bertz CT molecular complexity index is 262. The third-order valence-corrected chi connectivity index (χ3v) is 2.54. The van der Waals surface area contributed by atoms with E-state index in [0.717, 1.165) is 13.1 Å². The molecule has 3 N–H and O–H groups in total. The highest BCUT2D eigenvalue weighted by Gasteiger charge is 2.14. The molecule has 1 heterocycles. The minimum absolute atomic E-state index is 0.0446. The van der Waals surface area contributed by atoms with Gasteiger partial charge < -0.3 is 10.8 Å². The van der Waals surface area contributed by atoms with E-state index < -0.39 is 0 Å². The fraction of sp³-hybridized carbons (Fsp3) is 0.545. The second kappa shape index (κ2) is 6.50. The molecule has 0 radical (unpaired) electrons. The maximum Gasteiger partial charge on any atom is 0.0599 e. The van der Waals surface area contributed by atoms with Gasteiger partial charge in [-0.2, -0.15) is 0 Å². The molecule has 84 valence electrons. The number of aliphatic hydroxyl groups is 1. The molecule has 0 bridgehead atoms. The molecule has 0 aliphatic carbocycles. The van der Waals surface area contributed by atoms with Crippen LogP contribution in [0.4, 0.5) is 0 Å². The molecular formula is C11H19N3O. The third-order valence-electron chi connectivity index (χ3n) is 2.54. The van der Waals surface area contributed by atoms with Gasteiger partial charge in [0, 0.05) is 31.5 Å². The van der Waals surface area contributed by atoms with Crippen LogP contribution in [-0.4, -0.2) is 40.7 Å². The van der Waals surface area contributed by atoms with Crippen LogP contribution >= 0.6 is 0 Å². The first-order valence-corrected chi connectivity index (χ1v) is 5.25. The first-order valence-electron chi connectivity index (χ1n) is 5.25. The maximum absolute atomic E-state index is 9.17. The topological polar surface area (TPSA) is 62.4 Å². The van der Waals surface area contributed by atoms with E-state index in [1.54, 1.807) is 12.4 Å². The van der Waals surface area contributed by atoms with Crippen molar-refractivity contribution in [3.8, 4) is 0 Å². The van der Waals surface area contributed by atoms with E-state index >= 15 is 0 Å². The molecule has 0 saturated carbocycles. The molecule has 4 nitrogen and oxygen atoms in total. The van der Waals surface area contributed by atoms with Gasteiger partial charge in [0.2, 0.25) is 0 Å². The monoisotopic (exact) mass is 209 g/mol. The molecule has 1 aromatic heterocycles. The lowest BCUT2D eigenvalue weighted by molar-refractivity contribution is 0.126. The molecule has 0 saturated heterocycles. The lowest BCUT2D eigenvalue weighted by Gasteiger charge is -2.28. The zero-order valence-electron chi connectivity index (χ0n) is 9.13. The molecule has 0 aromatic carbocycles. The molecule has 1 aromatic rings. The summed E-state index contributed by atoms with van der Waals surface area (Å²) in [5.74, 6) is 0. The molecule has 1 rings (SSSR count). The van der Waals surface area contributed by atoms with Crippen molar-refractivity contribution < 1.29 is 5.11 Å². The van der Waals surface area contributed by atoms with E-state index in [0.29, 0.717) is 6.54 Å². The summed E-state index contributed by atoms with van der Waals surface area (Å²) in [6.07, 6.45) is 3.55. The fourth-order valence-electron chi connectivity index (χ4n) is 1.56. The van der Waals surface area contributed by atoms with Crippen molar-refractivity contribution in [3.63, 3.8) is 0 Å². The van der Waals surface area contributed by atoms with E-state index in [2.05, 4.69) is 16.8 Å². The normalized spacial score (nSPS) is 13.1. The quantitative estimate of drug-likeness (QED) is 0.703. The summed E-state index contributed by atoms with van der Waals surface area (Å²) in [7, 11) is 0. The van der Waals surface area contributed by atoms with E-state index in [1.807, 2.05) is 12.1 Å². The summed E-state index contributed by atoms with van der Waals surface area (Å²) in [5.41, 5.74) is 6.79. The van der Waals surface area contributed by atoms with Gasteiger partial charge in [-0.15, -0.1) is 0 Å². The van der Waals surface area contributed by atoms with Gasteiger partial charge in [0.15, 0.2) is 0 Å². The SMILES string of the molecule is CCN(Cc1ccncc1)C(CN)CO. The Kier molecular flexibility index (Phi) is 5.25. The Hall–Kier alpha value is -0.970. The largest absolute Gasteiger partial charge is 0.395 e. The molecule has 0 aliphatic heterocycles. The summed E-state index contributed by atoms with van der Waals surface area (Å²) >= 11 is 0. The van der Waals surface area contributed by atoms with E-state index in [9.17, 15) is 5.11 Å². The van der Waals surface area contributed by atoms with E-state index in [-0.39, 0.29) is 12.6 Å². The predicted octanol–water partition coefficient (Wildman–Crippen LogP) is 0.223. The Labute approximate surface area is 90.7 Å². The van der Waals surface area contributed by atoms with Crippen LogP contribution in [0.15, 0.2) is 24.5 Å². The van der Waals surface area contributed by atoms with Crippen LogP contribution < -0.4 is 5.73 Å². The Balaban J connectivity index is 2.61. The molecule has 0 spiro atoms. The summed E-state index contributed by atoms with van der Waals surface area (Å²) in [4.78, 5) is 6.13. The number of nitrogens with two attached hydrogens (primary N) is 1. The smallest absolute Gasteiger partial charge is 0.0599 e. The zero-order valence-corrected chi connectivity index (χ0v) is 9.13. The number of pyridine rings is 1. The molecule has 15 heavy (non-hydrogen) atoms. The summed E-state index contributed by atoms with van der Waals surface area (Å²) in [5, 5.41) is 9.17. The van der Waals surface area contributed by atoms with Crippen LogP contribution in [-0.2, 0) is 6.54 Å². The summed E-state index contributed by atoms with van der Waals surface area (Å²) < 4.78 is 0. The molecule has 0 aliphatic rings. The van der Waals surface area contributed by atoms with Gasteiger partial charge in [-0.1, -0.05) is 6.92 Å². The molecule has 0 fully saturated rings. The molecule has 4 heteroatoms. The van der Waals surface area contributed by atoms with Gasteiger partial charge in [-0.3, -0.25) is 9.88 Å². The Morgan fingerprint density at radius 3 is 2.60 bits per heavy atom. The Morgan fingerprint density at radius 2 is 2.13 bits per heavy atom. The van der Waals surface area contributed by atoms with Gasteiger partial charge >= 0.3 is 0 Å². The van der Waals surface area contributed by atoms with Gasteiger partial charge in [-0.25, -0.2) is 0 Å². The summed E-state index contributed by atoms with van der Waals surface area (Å²) in [6, 6.07) is 4.00. The lowest BCUT2D eigenvalue weighted by Crippen LogP contribution is -2.42. The van der Waals surface area contributed by atoms with Gasteiger partial charge in [-0.05, 0) is 24.2 Å². The van der Waals surface area contributed by atoms with Crippen LogP contribution in [0.1, 0.15) is 12.5 Å². The molecule has 0 amide bonds. The van der Waals surface area contributed by atoms with Crippen molar-refractivity contribution in [1.29, 1.82) is 0 Å². The van der Waals surface area contributed by atoms with Crippen LogP contribution in [0, 0.1) is 0 Å². The van der Waals surface area contributed by atoms with Crippen molar-refractivity contribution in [1.82, 2.24) is 9.88 Å². The summed E-state index contributed by atoms with van der Waals surface area (Å²) in [6.45, 7) is 4.34.